The van der Waals surface area contributed by atoms with Gasteiger partial charge >= 0.3 is 0 Å². The number of hydrogen-bond donors (Lipinski definition) is 1. The van der Waals surface area contributed by atoms with E-state index in [0.717, 1.165) is 29.7 Å². The second kappa shape index (κ2) is 6.36. The number of nitrogens with two attached hydrogens (primary N) is 1. The monoisotopic (exact) mass is 311 g/mol. The molecule has 0 bridgehead atoms. The summed E-state index contributed by atoms with van der Waals surface area (Å²) >= 11 is 0. The number of aryl methyl sites for hydroxylation is 2. The lowest BCUT2D eigenvalue weighted by Crippen LogP contribution is -2.22. The maximum Gasteiger partial charge on any atom is 0.154 e. The summed E-state index contributed by atoms with van der Waals surface area (Å²) in [5.74, 6) is 1.19. The van der Waals surface area contributed by atoms with Gasteiger partial charge in [0.1, 0.15) is 11.9 Å². The van der Waals surface area contributed by atoms with Crippen molar-refractivity contribution in [3.63, 3.8) is 0 Å². The smallest absolute Gasteiger partial charge is 0.154 e. The Hall–Kier alpha value is -1.07. The predicted octanol–water partition coefficient (Wildman–Crippen LogP) is 2.15. The number of benzene rings is 1. The first-order valence-corrected chi connectivity index (χ1v) is 9.35. The summed E-state index contributed by atoms with van der Waals surface area (Å²) in [7, 11) is -2.91. The van der Waals surface area contributed by atoms with Gasteiger partial charge in [0, 0.05) is 6.04 Å². The Morgan fingerprint density at radius 2 is 1.95 bits per heavy atom. The maximum absolute atomic E-state index is 11.5. The summed E-state index contributed by atoms with van der Waals surface area (Å²) in [4.78, 5) is 0. The van der Waals surface area contributed by atoms with E-state index in [-0.39, 0.29) is 23.7 Å². The predicted molar refractivity (Wildman–Crippen MR) is 85.6 cm³/mol. The summed E-state index contributed by atoms with van der Waals surface area (Å²) < 4.78 is 29.0. The van der Waals surface area contributed by atoms with Crippen molar-refractivity contribution in [2.45, 2.75) is 52.2 Å². The number of sulfone groups is 1. The van der Waals surface area contributed by atoms with Crippen LogP contribution >= 0.6 is 0 Å². The Bertz CT molecular complexity index is 587. The van der Waals surface area contributed by atoms with E-state index in [4.69, 9.17) is 10.5 Å². The summed E-state index contributed by atoms with van der Waals surface area (Å²) in [6.45, 7) is 6.10. The first-order valence-electron chi connectivity index (χ1n) is 7.53. The Balaban J connectivity index is 2.14. The largest absolute Gasteiger partial charge is 0.489 e. The van der Waals surface area contributed by atoms with Crippen molar-refractivity contribution in [1.82, 2.24) is 0 Å². The summed E-state index contributed by atoms with van der Waals surface area (Å²) in [5, 5.41) is 0. The van der Waals surface area contributed by atoms with Crippen LogP contribution in [-0.2, 0) is 16.3 Å². The molecular weight excluding hydrogens is 286 g/mol. The highest BCUT2D eigenvalue weighted by Gasteiger charge is 2.30. The molecule has 1 aliphatic rings. The van der Waals surface area contributed by atoms with E-state index in [1.165, 1.54) is 5.56 Å². The first kappa shape index (κ1) is 16.3. The van der Waals surface area contributed by atoms with Crippen molar-refractivity contribution < 1.29 is 13.2 Å². The second-order valence-corrected chi connectivity index (χ2v) is 8.30. The third-order valence-corrected chi connectivity index (χ3v) is 5.75. The van der Waals surface area contributed by atoms with Crippen LogP contribution in [0.3, 0.4) is 0 Å². The van der Waals surface area contributed by atoms with E-state index in [1.54, 1.807) is 0 Å². The van der Waals surface area contributed by atoms with Gasteiger partial charge in [0.25, 0.3) is 0 Å². The van der Waals surface area contributed by atoms with Crippen molar-refractivity contribution in [3.8, 4) is 5.75 Å². The third kappa shape index (κ3) is 4.20. The van der Waals surface area contributed by atoms with Crippen LogP contribution in [0.1, 0.15) is 36.5 Å². The molecule has 1 heterocycles. The van der Waals surface area contributed by atoms with Crippen LogP contribution < -0.4 is 10.5 Å². The molecule has 5 heteroatoms. The fourth-order valence-corrected chi connectivity index (χ4v) is 4.40. The standard InChI is InChI=1S/C16H25NO3S/c1-4-14(17)9-13-7-11(2)16(12(3)8-13)20-15-5-6-21(18,19)10-15/h7-8,14-15H,4-6,9-10,17H2,1-3H3. The minimum atomic E-state index is -2.91. The minimum Gasteiger partial charge on any atom is -0.489 e. The van der Waals surface area contributed by atoms with E-state index >= 15 is 0 Å². The maximum atomic E-state index is 11.5. The Morgan fingerprint density at radius 1 is 1.33 bits per heavy atom. The number of ether oxygens (including phenoxy) is 1. The Labute approximate surface area is 127 Å². The molecule has 0 saturated carbocycles. The van der Waals surface area contributed by atoms with Crippen molar-refractivity contribution in [1.29, 1.82) is 0 Å². The van der Waals surface area contributed by atoms with Gasteiger partial charge in [-0.3, -0.25) is 0 Å². The van der Waals surface area contributed by atoms with Crippen LogP contribution in [0, 0.1) is 13.8 Å². The second-order valence-electron chi connectivity index (χ2n) is 6.07. The first-order chi connectivity index (χ1) is 9.80. The molecule has 2 unspecified atom stereocenters. The van der Waals surface area contributed by atoms with Gasteiger partial charge in [-0.1, -0.05) is 19.1 Å². The zero-order valence-electron chi connectivity index (χ0n) is 13.1. The fourth-order valence-electron chi connectivity index (χ4n) is 2.81. The lowest BCUT2D eigenvalue weighted by Gasteiger charge is -2.18. The highest BCUT2D eigenvalue weighted by molar-refractivity contribution is 7.91. The molecule has 1 aromatic carbocycles. The average Bonchev–Trinajstić information content (AvgIpc) is 2.73. The third-order valence-electron chi connectivity index (χ3n) is 4.02. The van der Waals surface area contributed by atoms with Crippen molar-refractivity contribution >= 4 is 9.84 Å². The lowest BCUT2D eigenvalue weighted by molar-refractivity contribution is 0.226. The van der Waals surface area contributed by atoms with Gasteiger partial charge < -0.3 is 10.5 Å². The molecule has 0 radical (unpaired) electrons. The molecule has 1 aliphatic heterocycles. The van der Waals surface area contributed by atoms with E-state index in [9.17, 15) is 8.42 Å². The van der Waals surface area contributed by atoms with Crippen molar-refractivity contribution in [3.05, 3.63) is 28.8 Å². The van der Waals surface area contributed by atoms with Gasteiger partial charge in [-0.25, -0.2) is 8.42 Å². The van der Waals surface area contributed by atoms with Crippen molar-refractivity contribution in [2.75, 3.05) is 11.5 Å². The zero-order valence-corrected chi connectivity index (χ0v) is 13.9. The average molecular weight is 311 g/mol. The van der Waals surface area contributed by atoms with Gasteiger partial charge in [-0.15, -0.1) is 0 Å². The number of rotatable bonds is 5. The van der Waals surface area contributed by atoms with Crippen LogP contribution in [0.5, 0.6) is 5.75 Å². The summed E-state index contributed by atoms with van der Waals surface area (Å²) in [6.07, 6.45) is 2.19. The van der Waals surface area contributed by atoms with Crippen LogP contribution in [0.2, 0.25) is 0 Å². The van der Waals surface area contributed by atoms with Gasteiger partial charge in [0.2, 0.25) is 0 Å². The molecule has 2 N–H and O–H groups in total. The lowest BCUT2D eigenvalue weighted by atomic mass is 9.99. The zero-order chi connectivity index (χ0) is 15.6. The van der Waals surface area contributed by atoms with Gasteiger partial charge in [0.05, 0.1) is 11.5 Å². The fraction of sp³-hybridized carbons (Fsp3) is 0.625. The van der Waals surface area contributed by atoms with Crippen LogP contribution in [-0.4, -0.2) is 32.1 Å². The molecule has 4 nitrogen and oxygen atoms in total. The highest BCUT2D eigenvalue weighted by atomic mass is 32.2. The van der Waals surface area contributed by atoms with Gasteiger partial charge in [0.15, 0.2) is 9.84 Å². The molecule has 2 atom stereocenters. The highest BCUT2D eigenvalue weighted by Crippen LogP contribution is 2.28. The molecule has 1 aromatic rings. The van der Waals surface area contributed by atoms with Crippen molar-refractivity contribution in [2.24, 2.45) is 5.73 Å². The topological polar surface area (TPSA) is 69.4 Å². The minimum absolute atomic E-state index is 0.133. The summed E-state index contributed by atoms with van der Waals surface area (Å²) in [5.41, 5.74) is 9.33. The molecule has 118 valence electrons. The Morgan fingerprint density at radius 3 is 2.43 bits per heavy atom. The normalized spacial score (nSPS) is 22.2. The molecule has 0 amide bonds. The van der Waals surface area contributed by atoms with Crippen LogP contribution in [0.4, 0.5) is 0 Å². The number of hydrogen-bond acceptors (Lipinski definition) is 4. The molecule has 0 spiro atoms. The van der Waals surface area contributed by atoms with E-state index in [2.05, 4.69) is 19.1 Å². The molecule has 21 heavy (non-hydrogen) atoms. The van der Waals surface area contributed by atoms with E-state index in [0.29, 0.717) is 6.42 Å². The molecular formula is C16H25NO3S. The van der Waals surface area contributed by atoms with Gasteiger partial charge in [-0.2, -0.15) is 0 Å². The molecule has 1 fully saturated rings. The molecule has 1 saturated heterocycles. The van der Waals surface area contributed by atoms with Crippen LogP contribution in [0.15, 0.2) is 12.1 Å². The van der Waals surface area contributed by atoms with E-state index < -0.39 is 9.84 Å². The van der Waals surface area contributed by atoms with Crippen LogP contribution in [0.25, 0.3) is 0 Å². The van der Waals surface area contributed by atoms with E-state index in [1.807, 2.05) is 13.8 Å². The summed E-state index contributed by atoms with van der Waals surface area (Å²) in [6, 6.07) is 4.37. The quantitative estimate of drug-likeness (QED) is 0.904. The molecule has 0 aromatic heterocycles. The Kier molecular flexibility index (Phi) is 4.94. The molecule has 0 aliphatic carbocycles. The van der Waals surface area contributed by atoms with Gasteiger partial charge in [-0.05, 0) is 49.8 Å². The molecule has 2 rings (SSSR count). The SMILES string of the molecule is CCC(N)Cc1cc(C)c(OC2CCS(=O)(=O)C2)c(C)c1.